The van der Waals surface area contributed by atoms with Crippen molar-refractivity contribution in [1.29, 1.82) is 0 Å². The van der Waals surface area contributed by atoms with Crippen LogP contribution >= 0.6 is 0 Å². The Labute approximate surface area is 120 Å². The lowest BCUT2D eigenvalue weighted by molar-refractivity contribution is 0.0686. The molecule has 0 saturated heterocycles. The Hall–Kier alpha value is -2.50. The zero-order valence-corrected chi connectivity index (χ0v) is 11.9. The van der Waals surface area contributed by atoms with Gasteiger partial charge in [-0.2, -0.15) is 5.10 Å². The van der Waals surface area contributed by atoms with E-state index in [-0.39, 0.29) is 17.2 Å². The summed E-state index contributed by atoms with van der Waals surface area (Å²) in [5, 5.41) is 12.9. The molecule has 0 spiro atoms. The van der Waals surface area contributed by atoms with E-state index in [4.69, 9.17) is 5.11 Å². The summed E-state index contributed by atoms with van der Waals surface area (Å²) in [6, 6.07) is 4.50. The topological polar surface area (TPSA) is 72.2 Å². The zero-order valence-electron chi connectivity index (χ0n) is 11.9. The number of benzene rings is 1. The average Bonchev–Trinajstić information content (AvgIpc) is 2.39. The first kappa shape index (κ1) is 14.9. The van der Waals surface area contributed by atoms with Crippen LogP contribution in [-0.2, 0) is 0 Å². The molecular weight excluding hydrogens is 275 g/mol. The summed E-state index contributed by atoms with van der Waals surface area (Å²) in [6.45, 7) is 5.22. The summed E-state index contributed by atoms with van der Waals surface area (Å²) < 4.78 is 15.1. The molecule has 0 fully saturated rings. The number of hydrogen-bond donors (Lipinski definition) is 1. The van der Waals surface area contributed by atoms with Crippen LogP contribution in [0.25, 0.3) is 5.69 Å². The second kappa shape index (κ2) is 5.47. The molecular formula is C15H15FN2O3. The van der Waals surface area contributed by atoms with Crippen molar-refractivity contribution in [3.63, 3.8) is 0 Å². The van der Waals surface area contributed by atoms with Crippen molar-refractivity contribution in [3.8, 4) is 5.69 Å². The number of halogens is 1. The van der Waals surface area contributed by atoms with Crippen LogP contribution in [0.4, 0.5) is 4.39 Å². The monoisotopic (exact) mass is 290 g/mol. The normalized spacial score (nSPS) is 10.9. The number of rotatable bonds is 3. The van der Waals surface area contributed by atoms with E-state index in [1.54, 1.807) is 32.9 Å². The molecule has 21 heavy (non-hydrogen) atoms. The molecule has 5 nitrogen and oxygen atoms in total. The van der Waals surface area contributed by atoms with Gasteiger partial charge in [0.1, 0.15) is 11.5 Å². The first-order chi connectivity index (χ1) is 9.82. The number of carboxylic acids is 1. The molecule has 110 valence electrons. The van der Waals surface area contributed by atoms with Crippen molar-refractivity contribution in [2.24, 2.45) is 0 Å². The van der Waals surface area contributed by atoms with Gasteiger partial charge in [0.15, 0.2) is 0 Å². The maximum absolute atomic E-state index is 14.0. The maximum atomic E-state index is 14.0. The van der Waals surface area contributed by atoms with Gasteiger partial charge < -0.3 is 5.11 Å². The van der Waals surface area contributed by atoms with Gasteiger partial charge in [-0.15, -0.1) is 0 Å². The van der Waals surface area contributed by atoms with E-state index in [0.717, 1.165) is 4.68 Å². The van der Waals surface area contributed by atoms with Crippen molar-refractivity contribution < 1.29 is 14.3 Å². The van der Waals surface area contributed by atoms with E-state index in [1.807, 2.05) is 0 Å². The fourth-order valence-corrected chi connectivity index (χ4v) is 2.09. The standard InChI is InChI=1S/C15H15FN2O3/c1-8(2)10-7-18(17-12(14(10)19)15(20)21)13-9(3)5-4-6-11(13)16/h4-8H,1-3H3,(H,20,21). The Bertz CT molecular complexity index is 746. The van der Waals surface area contributed by atoms with Crippen molar-refractivity contribution in [2.45, 2.75) is 26.7 Å². The SMILES string of the molecule is Cc1cccc(F)c1-n1cc(C(C)C)c(=O)c(C(=O)O)n1. The Balaban J connectivity index is 2.82. The molecule has 2 rings (SSSR count). The zero-order chi connectivity index (χ0) is 15.7. The Morgan fingerprint density at radius 1 is 1.38 bits per heavy atom. The number of nitrogens with zero attached hydrogens (tertiary/aromatic N) is 2. The van der Waals surface area contributed by atoms with Crippen LogP contribution in [0.15, 0.2) is 29.2 Å². The lowest BCUT2D eigenvalue weighted by atomic mass is 10.0. The predicted molar refractivity (Wildman–Crippen MR) is 75.6 cm³/mol. The molecule has 0 atom stereocenters. The molecule has 6 heteroatoms. The lowest BCUT2D eigenvalue weighted by Gasteiger charge is -2.13. The van der Waals surface area contributed by atoms with Gasteiger partial charge in [0.2, 0.25) is 11.1 Å². The quantitative estimate of drug-likeness (QED) is 0.942. The second-order valence-electron chi connectivity index (χ2n) is 5.07. The minimum absolute atomic E-state index is 0.141. The highest BCUT2D eigenvalue weighted by molar-refractivity contribution is 5.85. The van der Waals surface area contributed by atoms with E-state index < -0.39 is 22.9 Å². The van der Waals surface area contributed by atoms with Crippen LogP contribution in [0.5, 0.6) is 0 Å². The van der Waals surface area contributed by atoms with Crippen LogP contribution in [-0.4, -0.2) is 20.9 Å². The molecule has 0 amide bonds. The predicted octanol–water partition coefficient (Wildman–Crippen LogP) is 2.50. The maximum Gasteiger partial charge on any atom is 0.360 e. The molecule has 1 heterocycles. The van der Waals surface area contributed by atoms with Crippen molar-refractivity contribution >= 4 is 5.97 Å². The van der Waals surface area contributed by atoms with Gasteiger partial charge in [-0.25, -0.2) is 13.9 Å². The van der Waals surface area contributed by atoms with Gasteiger partial charge in [0, 0.05) is 11.8 Å². The second-order valence-corrected chi connectivity index (χ2v) is 5.07. The van der Waals surface area contributed by atoms with Crippen LogP contribution in [0.1, 0.15) is 41.4 Å². The molecule has 1 aromatic carbocycles. The summed E-state index contributed by atoms with van der Waals surface area (Å²) in [4.78, 5) is 23.2. The number of aromatic nitrogens is 2. The number of carboxylic acid groups (broad SMARTS) is 1. The summed E-state index contributed by atoms with van der Waals surface area (Å²) in [6.07, 6.45) is 1.39. The first-order valence-electron chi connectivity index (χ1n) is 6.45. The van der Waals surface area contributed by atoms with Crippen molar-refractivity contribution in [2.75, 3.05) is 0 Å². The Kier molecular flexibility index (Phi) is 3.88. The summed E-state index contributed by atoms with van der Waals surface area (Å²) in [5.74, 6) is -2.15. The fraction of sp³-hybridized carbons (Fsp3) is 0.267. The average molecular weight is 290 g/mol. The molecule has 0 aliphatic heterocycles. The van der Waals surface area contributed by atoms with Gasteiger partial charge >= 0.3 is 5.97 Å². The third kappa shape index (κ3) is 2.69. The number of aromatic carboxylic acids is 1. The minimum atomic E-state index is -1.43. The fourth-order valence-electron chi connectivity index (χ4n) is 2.09. The largest absolute Gasteiger partial charge is 0.476 e. The first-order valence-corrected chi connectivity index (χ1v) is 6.45. The van der Waals surface area contributed by atoms with Crippen molar-refractivity contribution in [1.82, 2.24) is 9.78 Å². The minimum Gasteiger partial charge on any atom is -0.476 e. The van der Waals surface area contributed by atoms with Crippen LogP contribution in [0.3, 0.4) is 0 Å². The Morgan fingerprint density at radius 3 is 2.57 bits per heavy atom. The Morgan fingerprint density at radius 2 is 2.05 bits per heavy atom. The van der Waals surface area contributed by atoms with Crippen LogP contribution < -0.4 is 5.43 Å². The third-order valence-electron chi connectivity index (χ3n) is 3.19. The molecule has 0 radical (unpaired) electrons. The highest BCUT2D eigenvalue weighted by Crippen LogP contribution is 2.19. The molecule has 2 aromatic rings. The third-order valence-corrected chi connectivity index (χ3v) is 3.19. The number of carbonyl (C=O) groups is 1. The highest BCUT2D eigenvalue weighted by atomic mass is 19.1. The highest BCUT2D eigenvalue weighted by Gasteiger charge is 2.19. The van der Waals surface area contributed by atoms with Gasteiger partial charge in [-0.3, -0.25) is 4.79 Å². The number of para-hydroxylation sites is 1. The van der Waals surface area contributed by atoms with Crippen LogP contribution in [0.2, 0.25) is 0 Å². The molecule has 0 bridgehead atoms. The lowest BCUT2D eigenvalue weighted by Crippen LogP contribution is -2.26. The number of hydrogen-bond acceptors (Lipinski definition) is 3. The molecule has 1 N–H and O–H groups in total. The van der Waals surface area contributed by atoms with E-state index in [1.165, 1.54) is 12.3 Å². The van der Waals surface area contributed by atoms with E-state index >= 15 is 0 Å². The van der Waals surface area contributed by atoms with Crippen molar-refractivity contribution in [3.05, 3.63) is 57.3 Å². The summed E-state index contributed by atoms with van der Waals surface area (Å²) >= 11 is 0. The molecule has 0 aliphatic carbocycles. The van der Waals surface area contributed by atoms with E-state index in [9.17, 15) is 14.0 Å². The number of aryl methyl sites for hydroxylation is 1. The van der Waals surface area contributed by atoms with E-state index in [2.05, 4.69) is 5.10 Å². The summed E-state index contributed by atoms with van der Waals surface area (Å²) in [7, 11) is 0. The van der Waals surface area contributed by atoms with Gasteiger partial charge in [0.25, 0.3) is 0 Å². The van der Waals surface area contributed by atoms with Gasteiger partial charge in [-0.05, 0) is 24.5 Å². The molecule has 0 unspecified atom stereocenters. The molecule has 0 saturated carbocycles. The molecule has 1 aromatic heterocycles. The van der Waals surface area contributed by atoms with Gasteiger partial charge in [-0.1, -0.05) is 26.0 Å². The molecule has 0 aliphatic rings. The smallest absolute Gasteiger partial charge is 0.360 e. The van der Waals surface area contributed by atoms with Crippen LogP contribution in [0, 0.1) is 12.7 Å². The summed E-state index contributed by atoms with van der Waals surface area (Å²) in [5.41, 5.74) is -0.226. The van der Waals surface area contributed by atoms with Gasteiger partial charge in [0.05, 0.1) is 0 Å². The van der Waals surface area contributed by atoms with E-state index in [0.29, 0.717) is 5.56 Å².